The maximum absolute atomic E-state index is 11.1. The third-order valence-electron chi connectivity index (χ3n) is 1.69. The number of benzene rings is 1. The van der Waals surface area contributed by atoms with Crippen molar-refractivity contribution in [2.24, 2.45) is 0 Å². The van der Waals surface area contributed by atoms with Crippen LogP contribution in [-0.2, 0) is 0 Å². The summed E-state index contributed by atoms with van der Waals surface area (Å²) in [6, 6.07) is 8.99. The monoisotopic (exact) mass is 177 g/mol. The summed E-state index contributed by atoms with van der Waals surface area (Å²) in [5.41, 5.74) is 6.36. The van der Waals surface area contributed by atoms with Crippen molar-refractivity contribution < 1.29 is 9.37 Å². The second-order valence-electron chi connectivity index (χ2n) is 2.52. The molecule has 0 aliphatic carbocycles. The van der Waals surface area contributed by atoms with Crippen LogP contribution in [0.3, 0.4) is 0 Å². The highest BCUT2D eigenvalue weighted by atomic mass is 16.6. The minimum Gasteiger partial charge on any atom is -0.591 e. The van der Waals surface area contributed by atoms with Gasteiger partial charge in [-0.1, -0.05) is 18.2 Å². The zero-order chi connectivity index (χ0) is 9.26. The van der Waals surface area contributed by atoms with Crippen molar-refractivity contribution in [2.75, 3.05) is 5.73 Å². The van der Waals surface area contributed by atoms with Gasteiger partial charge in [-0.05, 0) is 17.0 Å². The van der Waals surface area contributed by atoms with Gasteiger partial charge in [-0.2, -0.15) is 0 Å². The Morgan fingerprint density at radius 1 is 1.31 bits per heavy atom. The third kappa shape index (κ3) is 1.20. The number of nitrogen functional groups attached to an aromatic ring is 1. The lowest BCUT2D eigenvalue weighted by atomic mass is 10.2. The van der Waals surface area contributed by atoms with Gasteiger partial charge in [0.05, 0.1) is 5.56 Å². The van der Waals surface area contributed by atoms with Crippen LogP contribution in [0, 0.1) is 5.21 Å². The lowest BCUT2D eigenvalue weighted by Gasteiger charge is -1.93. The number of anilines is 1. The number of hydrogen-bond acceptors (Lipinski definition) is 4. The number of aromatic nitrogens is 2. The van der Waals surface area contributed by atoms with E-state index < -0.39 is 0 Å². The molecule has 66 valence electrons. The van der Waals surface area contributed by atoms with E-state index in [1.54, 1.807) is 12.1 Å². The minimum absolute atomic E-state index is 0.0289. The number of hydrogen-bond donors (Lipinski definition) is 1. The number of nitrogens with zero attached hydrogens (tertiary/aromatic N) is 2. The van der Waals surface area contributed by atoms with Gasteiger partial charge in [-0.3, -0.25) is 4.52 Å². The topological polar surface area (TPSA) is 79.0 Å². The van der Waals surface area contributed by atoms with Crippen LogP contribution in [0.4, 0.5) is 5.88 Å². The van der Waals surface area contributed by atoms with Gasteiger partial charge in [0, 0.05) is 0 Å². The van der Waals surface area contributed by atoms with Gasteiger partial charge in [0.25, 0.3) is 0 Å². The summed E-state index contributed by atoms with van der Waals surface area (Å²) >= 11 is 0. The van der Waals surface area contributed by atoms with E-state index in [1.807, 2.05) is 18.2 Å². The molecular formula is C8H7N3O2. The Morgan fingerprint density at radius 2 is 2.00 bits per heavy atom. The molecule has 1 aromatic carbocycles. The van der Waals surface area contributed by atoms with Crippen LogP contribution in [0.1, 0.15) is 0 Å². The van der Waals surface area contributed by atoms with Gasteiger partial charge < -0.3 is 10.9 Å². The SMILES string of the molecule is Nc1on[n+]([O-])c1-c1ccccc1. The zero-order valence-corrected chi connectivity index (χ0v) is 6.68. The Labute approximate surface area is 73.9 Å². The molecule has 2 N–H and O–H groups in total. The second kappa shape index (κ2) is 2.78. The Kier molecular flexibility index (Phi) is 1.63. The van der Waals surface area contributed by atoms with Crippen LogP contribution in [-0.4, -0.2) is 5.27 Å². The van der Waals surface area contributed by atoms with Crippen molar-refractivity contribution in [2.45, 2.75) is 0 Å². The summed E-state index contributed by atoms with van der Waals surface area (Å²) in [4.78, 5) is 0.366. The van der Waals surface area contributed by atoms with E-state index in [4.69, 9.17) is 5.73 Å². The summed E-state index contributed by atoms with van der Waals surface area (Å²) in [6.07, 6.45) is 0. The molecule has 0 bridgehead atoms. The molecule has 0 aliphatic rings. The van der Waals surface area contributed by atoms with Crippen LogP contribution in [0.2, 0.25) is 0 Å². The molecule has 13 heavy (non-hydrogen) atoms. The average Bonchev–Trinajstić information content (AvgIpc) is 2.48. The molecule has 5 nitrogen and oxygen atoms in total. The fourth-order valence-corrected chi connectivity index (χ4v) is 1.11. The van der Waals surface area contributed by atoms with Crippen molar-refractivity contribution in [1.82, 2.24) is 5.27 Å². The Balaban J connectivity index is 2.59. The zero-order valence-electron chi connectivity index (χ0n) is 6.68. The van der Waals surface area contributed by atoms with Gasteiger partial charge in [0.1, 0.15) is 0 Å². The average molecular weight is 177 g/mol. The summed E-state index contributed by atoms with van der Waals surface area (Å²) in [6.45, 7) is 0. The molecule has 5 heteroatoms. The van der Waals surface area contributed by atoms with Crippen LogP contribution in [0.15, 0.2) is 34.9 Å². The summed E-state index contributed by atoms with van der Waals surface area (Å²) < 4.78 is 4.53. The molecule has 0 aliphatic heterocycles. The first kappa shape index (κ1) is 7.60. The molecule has 0 amide bonds. The van der Waals surface area contributed by atoms with E-state index in [1.165, 1.54) is 0 Å². The highest BCUT2D eigenvalue weighted by Gasteiger charge is 2.19. The van der Waals surface area contributed by atoms with Gasteiger partial charge in [-0.15, -0.1) is 0 Å². The normalized spacial score (nSPS) is 10.2. The van der Waals surface area contributed by atoms with Crippen LogP contribution in [0.5, 0.6) is 0 Å². The van der Waals surface area contributed by atoms with Gasteiger partial charge in [0.2, 0.25) is 5.27 Å². The molecule has 0 radical (unpaired) electrons. The van der Waals surface area contributed by atoms with Crippen molar-refractivity contribution in [3.63, 3.8) is 0 Å². The standard InChI is InChI=1S/C8H7N3O2/c9-8-7(11(12)10-13-8)6-4-2-1-3-5-6/h1-5H,9H2. The third-order valence-corrected chi connectivity index (χ3v) is 1.69. The van der Waals surface area contributed by atoms with Gasteiger partial charge in [0.15, 0.2) is 0 Å². The van der Waals surface area contributed by atoms with Gasteiger partial charge in [-0.25, -0.2) is 0 Å². The molecule has 0 atom stereocenters. The highest BCUT2D eigenvalue weighted by molar-refractivity contribution is 5.64. The fraction of sp³-hybridized carbons (Fsp3) is 0. The molecule has 0 fully saturated rings. The highest BCUT2D eigenvalue weighted by Crippen LogP contribution is 2.20. The predicted molar refractivity (Wildman–Crippen MR) is 45.3 cm³/mol. The van der Waals surface area contributed by atoms with Crippen molar-refractivity contribution in [1.29, 1.82) is 0 Å². The molecule has 0 saturated carbocycles. The summed E-state index contributed by atoms with van der Waals surface area (Å²) in [5, 5.41) is 14.2. The Morgan fingerprint density at radius 3 is 2.54 bits per heavy atom. The van der Waals surface area contributed by atoms with E-state index in [0.717, 1.165) is 0 Å². The van der Waals surface area contributed by atoms with E-state index in [-0.39, 0.29) is 11.6 Å². The predicted octanol–water partition coefficient (Wildman–Crippen LogP) is 0.557. The van der Waals surface area contributed by atoms with Crippen LogP contribution in [0.25, 0.3) is 11.3 Å². The summed E-state index contributed by atoms with van der Waals surface area (Å²) in [7, 11) is 0. The molecule has 2 aromatic rings. The fourth-order valence-electron chi connectivity index (χ4n) is 1.11. The Hall–Kier alpha value is -2.04. The maximum atomic E-state index is 11.1. The first-order chi connectivity index (χ1) is 6.29. The second-order valence-corrected chi connectivity index (χ2v) is 2.52. The molecule has 0 saturated heterocycles. The first-order valence-electron chi connectivity index (χ1n) is 3.69. The van der Waals surface area contributed by atoms with E-state index in [0.29, 0.717) is 10.4 Å². The molecule has 0 unspecified atom stereocenters. The van der Waals surface area contributed by atoms with E-state index in [9.17, 15) is 5.21 Å². The first-order valence-corrected chi connectivity index (χ1v) is 3.69. The minimum atomic E-state index is 0.0289. The molecule has 2 rings (SSSR count). The quantitative estimate of drug-likeness (QED) is 0.509. The van der Waals surface area contributed by atoms with Gasteiger partial charge >= 0.3 is 11.6 Å². The van der Waals surface area contributed by atoms with E-state index in [2.05, 4.69) is 9.79 Å². The number of rotatable bonds is 1. The van der Waals surface area contributed by atoms with Crippen molar-refractivity contribution in [3.8, 4) is 11.3 Å². The smallest absolute Gasteiger partial charge is 0.317 e. The maximum Gasteiger partial charge on any atom is 0.317 e. The Bertz CT molecular complexity index is 391. The lowest BCUT2D eigenvalue weighted by Crippen LogP contribution is -2.29. The van der Waals surface area contributed by atoms with Crippen LogP contribution < -0.4 is 10.6 Å². The molecular weight excluding hydrogens is 170 g/mol. The molecule has 1 aromatic heterocycles. The van der Waals surface area contributed by atoms with E-state index >= 15 is 0 Å². The van der Waals surface area contributed by atoms with Crippen molar-refractivity contribution in [3.05, 3.63) is 35.5 Å². The lowest BCUT2D eigenvalue weighted by molar-refractivity contribution is -0.669. The van der Waals surface area contributed by atoms with Crippen molar-refractivity contribution >= 4 is 5.88 Å². The number of nitrogens with two attached hydrogens (primary N) is 1. The molecule has 1 heterocycles. The summed E-state index contributed by atoms with van der Waals surface area (Å²) in [5.74, 6) is 0.0289. The molecule has 0 spiro atoms. The van der Waals surface area contributed by atoms with Crippen LogP contribution >= 0.6 is 0 Å². The largest absolute Gasteiger partial charge is 0.591 e.